The summed E-state index contributed by atoms with van der Waals surface area (Å²) < 4.78 is 30.3. The van der Waals surface area contributed by atoms with Crippen molar-refractivity contribution in [2.75, 3.05) is 33.0 Å². The summed E-state index contributed by atoms with van der Waals surface area (Å²) in [7, 11) is 0.0948. The van der Waals surface area contributed by atoms with Crippen molar-refractivity contribution in [3.8, 4) is 0 Å². The first kappa shape index (κ1) is 13.8. The highest BCUT2D eigenvalue weighted by Gasteiger charge is 2.19. The molecule has 86 valence electrons. The van der Waals surface area contributed by atoms with Crippen molar-refractivity contribution >= 4 is 10.0 Å². The molecule has 14 heavy (non-hydrogen) atoms. The Kier molecular flexibility index (Phi) is 5.58. The minimum atomic E-state index is -3.18. The molecule has 0 aliphatic carbocycles. The Labute approximate surface area is 86.3 Å². The van der Waals surface area contributed by atoms with E-state index in [0.29, 0.717) is 6.54 Å². The van der Waals surface area contributed by atoms with Crippen molar-refractivity contribution in [1.29, 1.82) is 0 Å². The van der Waals surface area contributed by atoms with Gasteiger partial charge in [0.1, 0.15) is 0 Å². The van der Waals surface area contributed by atoms with Crippen LogP contribution < -0.4 is 10.0 Å². The van der Waals surface area contributed by atoms with Gasteiger partial charge in [-0.2, -0.15) is 0 Å². The smallest absolute Gasteiger partial charge is 0.212 e. The molecule has 6 heteroatoms. The molecule has 0 aliphatic rings. The maximum atomic E-state index is 11.3. The van der Waals surface area contributed by atoms with E-state index in [9.17, 15) is 8.42 Å². The molecule has 0 saturated heterocycles. The highest BCUT2D eigenvalue weighted by Crippen LogP contribution is 2.05. The standard InChI is InChI=1S/C8H20N2O3S/c1-8(2,13-4)7-10-14(11,12)6-5-9-3/h9-10H,5-7H2,1-4H3. The van der Waals surface area contributed by atoms with Gasteiger partial charge < -0.3 is 10.1 Å². The van der Waals surface area contributed by atoms with E-state index in [0.717, 1.165) is 0 Å². The van der Waals surface area contributed by atoms with Gasteiger partial charge in [-0.25, -0.2) is 13.1 Å². The molecule has 0 aromatic heterocycles. The highest BCUT2D eigenvalue weighted by molar-refractivity contribution is 7.89. The van der Waals surface area contributed by atoms with Crippen LogP contribution in [0.25, 0.3) is 0 Å². The van der Waals surface area contributed by atoms with Gasteiger partial charge in [0.15, 0.2) is 0 Å². The molecule has 0 rings (SSSR count). The van der Waals surface area contributed by atoms with Crippen molar-refractivity contribution in [3.05, 3.63) is 0 Å². The van der Waals surface area contributed by atoms with Crippen molar-refractivity contribution < 1.29 is 13.2 Å². The van der Waals surface area contributed by atoms with Gasteiger partial charge in [0, 0.05) is 20.2 Å². The minimum absolute atomic E-state index is 0.0866. The molecule has 5 nitrogen and oxygen atoms in total. The molecule has 0 radical (unpaired) electrons. The normalized spacial score (nSPS) is 13.1. The molecule has 0 fully saturated rings. The van der Waals surface area contributed by atoms with E-state index in [1.165, 1.54) is 0 Å². The van der Waals surface area contributed by atoms with Gasteiger partial charge >= 0.3 is 0 Å². The molecule has 0 heterocycles. The van der Waals surface area contributed by atoms with E-state index in [4.69, 9.17) is 4.74 Å². The van der Waals surface area contributed by atoms with Crippen LogP contribution in [0.2, 0.25) is 0 Å². The third-order valence-electron chi connectivity index (χ3n) is 1.89. The lowest BCUT2D eigenvalue weighted by molar-refractivity contribution is 0.0276. The van der Waals surface area contributed by atoms with E-state index in [1.807, 2.05) is 13.8 Å². The number of ether oxygens (including phenoxy) is 1. The molecular formula is C8H20N2O3S. The summed E-state index contributed by atoms with van der Waals surface area (Å²) in [5.41, 5.74) is -0.466. The summed E-state index contributed by atoms with van der Waals surface area (Å²) in [5, 5.41) is 2.78. The maximum Gasteiger partial charge on any atom is 0.212 e. The molecule has 0 bridgehead atoms. The van der Waals surface area contributed by atoms with Gasteiger partial charge in [0.05, 0.1) is 11.4 Å². The lowest BCUT2D eigenvalue weighted by Gasteiger charge is -2.22. The molecule has 0 aromatic rings. The predicted molar refractivity (Wildman–Crippen MR) is 56.8 cm³/mol. The van der Waals surface area contributed by atoms with Crippen LogP contribution in [0, 0.1) is 0 Å². The van der Waals surface area contributed by atoms with Gasteiger partial charge in [-0.15, -0.1) is 0 Å². The van der Waals surface area contributed by atoms with E-state index in [-0.39, 0.29) is 12.3 Å². The van der Waals surface area contributed by atoms with Gasteiger partial charge in [-0.1, -0.05) is 0 Å². The SMILES string of the molecule is CNCCS(=O)(=O)NCC(C)(C)OC. The van der Waals surface area contributed by atoms with Crippen LogP contribution in [-0.2, 0) is 14.8 Å². The Morgan fingerprint density at radius 3 is 2.36 bits per heavy atom. The van der Waals surface area contributed by atoms with Gasteiger partial charge in [0.2, 0.25) is 10.0 Å². The molecule has 0 spiro atoms. The van der Waals surface area contributed by atoms with E-state index >= 15 is 0 Å². The molecule has 0 saturated carbocycles. The average molecular weight is 224 g/mol. The zero-order valence-corrected chi connectivity index (χ0v) is 10.1. The van der Waals surface area contributed by atoms with Crippen LogP contribution in [0.15, 0.2) is 0 Å². The minimum Gasteiger partial charge on any atom is -0.377 e. The molecule has 0 amide bonds. The Morgan fingerprint density at radius 1 is 1.36 bits per heavy atom. The van der Waals surface area contributed by atoms with Crippen LogP contribution in [0.4, 0.5) is 0 Å². The summed E-state index contributed by atoms with van der Waals surface area (Å²) >= 11 is 0. The van der Waals surface area contributed by atoms with E-state index in [1.54, 1.807) is 14.2 Å². The fourth-order valence-electron chi connectivity index (χ4n) is 0.665. The number of nitrogens with one attached hydrogen (secondary N) is 2. The zero-order chi connectivity index (χ0) is 11.2. The third kappa shape index (κ3) is 6.31. The van der Waals surface area contributed by atoms with Crippen molar-refractivity contribution in [1.82, 2.24) is 10.0 Å². The van der Waals surface area contributed by atoms with Crippen molar-refractivity contribution in [2.24, 2.45) is 0 Å². The van der Waals surface area contributed by atoms with Crippen LogP contribution >= 0.6 is 0 Å². The first-order valence-electron chi connectivity index (χ1n) is 4.50. The van der Waals surface area contributed by atoms with Crippen molar-refractivity contribution in [3.63, 3.8) is 0 Å². The van der Waals surface area contributed by atoms with Crippen LogP contribution in [0.3, 0.4) is 0 Å². The molecule has 0 unspecified atom stereocenters. The Hall–Kier alpha value is -0.170. The number of sulfonamides is 1. The Morgan fingerprint density at radius 2 is 1.93 bits per heavy atom. The Bertz CT molecular complexity index is 249. The second-order valence-corrected chi connectivity index (χ2v) is 5.63. The molecule has 0 aliphatic heterocycles. The fourth-order valence-corrected chi connectivity index (χ4v) is 1.85. The van der Waals surface area contributed by atoms with Crippen molar-refractivity contribution in [2.45, 2.75) is 19.4 Å². The van der Waals surface area contributed by atoms with Crippen LogP contribution in [-0.4, -0.2) is 47.0 Å². The lowest BCUT2D eigenvalue weighted by Crippen LogP contribution is -2.41. The molecule has 0 aromatic carbocycles. The second kappa shape index (κ2) is 5.65. The molecule has 2 N–H and O–H groups in total. The average Bonchev–Trinajstić information content (AvgIpc) is 2.12. The quantitative estimate of drug-likeness (QED) is 0.614. The monoisotopic (exact) mass is 224 g/mol. The summed E-state index contributed by atoms with van der Waals surface area (Å²) in [6.45, 7) is 4.39. The number of hydrogen-bond donors (Lipinski definition) is 2. The first-order chi connectivity index (χ1) is 6.33. The maximum absolute atomic E-state index is 11.3. The summed E-state index contributed by atoms with van der Waals surface area (Å²) in [6, 6.07) is 0. The van der Waals surface area contributed by atoms with Crippen LogP contribution in [0.5, 0.6) is 0 Å². The zero-order valence-electron chi connectivity index (χ0n) is 9.25. The Balaban J connectivity index is 4.00. The van der Waals surface area contributed by atoms with Gasteiger partial charge in [-0.3, -0.25) is 0 Å². The van der Waals surface area contributed by atoms with Crippen LogP contribution in [0.1, 0.15) is 13.8 Å². The van der Waals surface area contributed by atoms with E-state index < -0.39 is 15.6 Å². The predicted octanol–water partition coefficient (Wildman–Crippen LogP) is -0.450. The van der Waals surface area contributed by atoms with E-state index in [2.05, 4.69) is 10.0 Å². The fraction of sp³-hybridized carbons (Fsp3) is 1.00. The largest absolute Gasteiger partial charge is 0.377 e. The summed E-state index contributed by atoms with van der Waals surface area (Å²) in [4.78, 5) is 0. The number of rotatable bonds is 7. The summed E-state index contributed by atoms with van der Waals surface area (Å²) in [6.07, 6.45) is 0. The number of hydrogen-bond acceptors (Lipinski definition) is 4. The lowest BCUT2D eigenvalue weighted by atomic mass is 10.1. The van der Waals surface area contributed by atoms with Gasteiger partial charge in [0.25, 0.3) is 0 Å². The topological polar surface area (TPSA) is 67.4 Å². The second-order valence-electron chi connectivity index (χ2n) is 3.71. The highest BCUT2D eigenvalue weighted by atomic mass is 32.2. The molecular weight excluding hydrogens is 204 g/mol. The first-order valence-corrected chi connectivity index (χ1v) is 6.15. The van der Waals surface area contributed by atoms with Gasteiger partial charge in [-0.05, 0) is 20.9 Å². The molecule has 0 atom stereocenters. The summed E-state index contributed by atoms with van der Waals surface area (Å²) in [5.74, 6) is 0.0866. The third-order valence-corrected chi connectivity index (χ3v) is 3.22. The number of methoxy groups -OCH3 is 1.